The van der Waals surface area contributed by atoms with Crippen LogP contribution in [0.4, 0.5) is 4.79 Å². The number of hydrogen-bond donors (Lipinski definition) is 1. The molecular formula is C18H30N4O4S. The van der Waals surface area contributed by atoms with Gasteiger partial charge in [-0.15, -0.1) is 0 Å². The summed E-state index contributed by atoms with van der Waals surface area (Å²) in [5.74, 6) is 0.666. The SMILES string of the molecule is C[C@@H]1CCCC[C@]12NC(=O)N(CN1CCN([C@@H]3CCS(=O)(=O)C3)CC1)C2=O. The summed E-state index contributed by atoms with van der Waals surface area (Å²) < 4.78 is 23.4. The largest absolute Gasteiger partial charge is 0.326 e. The van der Waals surface area contributed by atoms with E-state index in [9.17, 15) is 18.0 Å². The van der Waals surface area contributed by atoms with Gasteiger partial charge in [-0.3, -0.25) is 14.6 Å². The average molecular weight is 399 g/mol. The van der Waals surface area contributed by atoms with E-state index in [2.05, 4.69) is 22.0 Å². The van der Waals surface area contributed by atoms with Crippen molar-refractivity contribution in [3.05, 3.63) is 0 Å². The third kappa shape index (κ3) is 3.49. The number of urea groups is 1. The molecular weight excluding hydrogens is 368 g/mol. The molecule has 4 rings (SSSR count). The number of hydrogen-bond acceptors (Lipinski definition) is 6. The van der Waals surface area contributed by atoms with Crippen molar-refractivity contribution in [3.63, 3.8) is 0 Å². The van der Waals surface area contributed by atoms with E-state index in [0.29, 0.717) is 12.4 Å². The molecule has 3 heterocycles. The Morgan fingerprint density at radius 3 is 2.48 bits per heavy atom. The highest BCUT2D eigenvalue weighted by Crippen LogP contribution is 2.38. The fourth-order valence-corrected chi connectivity index (χ4v) is 6.92. The summed E-state index contributed by atoms with van der Waals surface area (Å²) in [5, 5.41) is 3.00. The number of piperazine rings is 1. The minimum absolute atomic E-state index is 0.0657. The number of carbonyl (C=O) groups excluding carboxylic acids is 2. The van der Waals surface area contributed by atoms with Crippen molar-refractivity contribution in [1.29, 1.82) is 0 Å². The molecule has 4 aliphatic rings. The zero-order chi connectivity index (χ0) is 19.2. The van der Waals surface area contributed by atoms with E-state index in [1.54, 1.807) is 0 Å². The van der Waals surface area contributed by atoms with Crippen LogP contribution in [0.5, 0.6) is 0 Å². The Bertz CT molecular complexity index is 719. The van der Waals surface area contributed by atoms with Crippen LogP contribution in [-0.2, 0) is 14.6 Å². The van der Waals surface area contributed by atoms with E-state index < -0.39 is 15.4 Å². The molecule has 152 valence electrons. The molecule has 1 N–H and O–H groups in total. The Hall–Kier alpha value is -1.19. The maximum atomic E-state index is 13.1. The van der Waals surface area contributed by atoms with E-state index >= 15 is 0 Å². The molecule has 1 spiro atoms. The highest BCUT2D eigenvalue weighted by atomic mass is 32.2. The fraction of sp³-hybridized carbons (Fsp3) is 0.889. The standard InChI is InChI=1S/C18H30N4O4S/c1-14-4-2-3-6-18(14)16(23)22(17(24)19-18)13-20-7-9-21(10-8-20)15-5-11-27(25,26)12-15/h14-15H,2-13H2,1H3,(H,19,24)/t14-,15-,18+/m1/s1. The van der Waals surface area contributed by atoms with Gasteiger partial charge in [-0.05, 0) is 25.2 Å². The first-order chi connectivity index (χ1) is 12.8. The molecule has 0 aromatic heterocycles. The molecule has 4 fully saturated rings. The summed E-state index contributed by atoms with van der Waals surface area (Å²) >= 11 is 0. The number of rotatable bonds is 3. The number of amides is 3. The Labute approximate surface area is 161 Å². The number of imide groups is 1. The van der Waals surface area contributed by atoms with E-state index in [1.165, 1.54) is 4.90 Å². The number of nitrogens with zero attached hydrogens (tertiary/aromatic N) is 3. The van der Waals surface area contributed by atoms with Gasteiger partial charge in [0.1, 0.15) is 5.54 Å². The van der Waals surface area contributed by atoms with Crippen molar-refractivity contribution in [2.45, 2.75) is 50.6 Å². The molecule has 1 saturated carbocycles. The van der Waals surface area contributed by atoms with Crippen LogP contribution >= 0.6 is 0 Å². The second-order valence-electron chi connectivity index (χ2n) is 8.63. The number of nitrogens with one attached hydrogen (secondary N) is 1. The van der Waals surface area contributed by atoms with Gasteiger partial charge in [0.05, 0.1) is 18.2 Å². The smallest absolute Gasteiger partial charge is 0.323 e. The Morgan fingerprint density at radius 2 is 1.85 bits per heavy atom. The van der Waals surface area contributed by atoms with Crippen LogP contribution < -0.4 is 5.32 Å². The van der Waals surface area contributed by atoms with Crippen LogP contribution in [0.15, 0.2) is 0 Å². The normalized spacial score (nSPS) is 37.9. The zero-order valence-electron chi connectivity index (χ0n) is 16.0. The van der Waals surface area contributed by atoms with E-state index in [1.807, 2.05) is 0 Å². The van der Waals surface area contributed by atoms with Gasteiger partial charge in [0.15, 0.2) is 9.84 Å². The first-order valence-electron chi connectivity index (χ1n) is 10.1. The molecule has 0 aromatic rings. The molecule has 0 bridgehead atoms. The highest BCUT2D eigenvalue weighted by molar-refractivity contribution is 7.91. The Balaban J connectivity index is 1.34. The third-order valence-electron chi connectivity index (χ3n) is 6.97. The van der Waals surface area contributed by atoms with Gasteiger partial charge >= 0.3 is 6.03 Å². The fourth-order valence-electron chi connectivity index (χ4n) is 5.16. The summed E-state index contributed by atoms with van der Waals surface area (Å²) in [7, 11) is -2.87. The lowest BCUT2D eigenvalue weighted by atomic mass is 9.73. The van der Waals surface area contributed by atoms with Crippen LogP contribution in [0.25, 0.3) is 0 Å². The molecule has 3 atom stereocenters. The molecule has 1 aliphatic carbocycles. The molecule has 27 heavy (non-hydrogen) atoms. The lowest BCUT2D eigenvalue weighted by Crippen LogP contribution is -2.55. The lowest BCUT2D eigenvalue weighted by Gasteiger charge is -2.39. The topological polar surface area (TPSA) is 90.0 Å². The van der Waals surface area contributed by atoms with Crippen LogP contribution in [0.1, 0.15) is 39.0 Å². The van der Waals surface area contributed by atoms with Gasteiger partial charge in [-0.1, -0.05) is 19.8 Å². The molecule has 3 saturated heterocycles. The van der Waals surface area contributed by atoms with Crippen molar-refractivity contribution in [2.75, 3.05) is 44.4 Å². The maximum absolute atomic E-state index is 13.1. The number of sulfone groups is 1. The zero-order valence-corrected chi connectivity index (χ0v) is 16.8. The summed E-state index contributed by atoms with van der Waals surface area (Å²) in [6.07, 6.45) is 4.52. The second kappa shape index (κ2) is 7.00. The summed E-state index contributed by atoms with van der Waals surface area (Å²) in [4.78, 5) is 31.3. The predicted molar refractivity (Wildman–Crippen MR) is 101 cm³/mol. The van der Waals surface area contributed by atoms with Gasteiger partial charge in [-0.25, -0.2) is 18.1 Å². The van der Waals surface area contributed by atoms with Crippen molar-refractivity contribution < 1.29 is 18.0 Å². The molecule has 0 radical (unpaired) electrons. The highest BCUT2D eigenvalue weighted by Gasteiger charge is 2.55. The van der Waals surface area contributed by atoms with Crippen LogP contribution in [0.2, 0.25) is 0 Å². The lowest BCUT2D eigenvalue weighted by molar-refractivity contribution is -0.136. The monoisotopic (exact) mass is 398 g/mol. The minimum atomic E-state index is -2.87. The maximum Gasteiger partial charge on any atom is 0.326 e. The first-order valence-corrected chi connectivity index (χ1v) is 11.9. The summed E-state index contributed by atoms with van der Waals surface area (Å²) in [5.41, 5.74) is -0.699. The third-order valence-corrected chi connectivity index (χ3v) is 8.72. The van der Waals surface area contributed by atoms with Gasteiger partial charge < -0.3 is 5.32 Å². The second-order valence-corrected chi connectivity index (χ2v) is 10.9. The molecule has 0 unspecified atom stereocenters. The quantitative estimate of drug-likeness (QED) is 0.686. The molecule has 0 aromatic carbocycles. The average Bonchev–Trinajstić information content (AvgIpc) is 3.11. The van der Waals surface area contributed by atoms with Crippen LogP contribution in [0.3, 0.4) is 0 Å². The Kier molecular flexibility index (Phi) is 4.97. The molecule has 9 heteroatoms. The van der Waals surface area contributed by atoms with Crippen molar-refractivity contribution >= 4 is 21.8 Å². The molecule has 3 aliphatic heterocycles. The van der Waals surface area contributed by atoms with Crippen molar-refractivity contribution in [3.8, 4) is 0 Å². The van der Waals surface area contributed by atoms with Gasteiger partial charge in [0.25, 0.3) is 5.91 Å². The minimum Gasteiger partial charge on any atom is -0.323 e. The summed E-state index contributed by atoms with van der Waals surface area (Å²) in [6.45, 7) is 5.45. The molecule has 8 nitrogen and oxygen atoms in total. The van der Waals surface area contributed by atoms with Crippen molar-refractivity contribution in [1.82, 2.24) is 20.0 Å². The molecule has 3 amide bonds. The van der Waals surface area contributed by atoms with Gasteiger partial charge in [0.2, 0.25) is 0 Å². The van der Waals surface area contributed by atoms with Crippen LogP contribution in [-0.4, -0.2) is 91.0 Å². The summed E-state index contributed by atoms with van der Waals surface area (Å²) in [6, 6.07) is -0.140. The number of carbonyl (C=O) groups is 2. The predicted octanol–water partition coefficient (Wildman–Crippen LogP) is 0.249. The van der Waals surface area contributed by atoms with Gasteiger partial charge in [-0.2, -0.15) is 0 Å². The van der Waals surface area contributed by atoms with Gasteiger partial charge in [0, 0.05) is 32.2 Å². The Morgan fingerprint density at radius 1 is 1.11 bits per heavy atom. The van der Waals surface area contributed by atoms with E-state index in [4.69, 9.17) is 0 Å². The van der Waals surface area contributed by atoms with E-state index in [-0.39, 0.29) is 29.7 Å². The first kappa shape index (κ1) is 19.1. The van der Waals surface area contributed by atoms with Crippen molar-refractivity contribution in [2.24, 2.45) is 5.92 Å². The van der Waals surface area contributed by atoms with Crippen LogP contribution in [0, 0.1) is 5.92 Å². The van der Waals surface area contributed by atoms with E-state index in [0.717, 1.165) is 58.3 Å².